The average Bonchev–Trinajstić information content (AvgIpc) is 2.84. The van der Waals surface area contributed by atoms with Gasteiger partial charge in [-0.1, -0.05) is 26.7 Å². The van der Waals surface area contributed by atoms with E-state index in [2.05, 4.69) is 24.5 Å². The van der Waals surface area contributed by atoms with Crippen LogP contribution in [0, 0.1) is 11.3 Å². The Hall–Kier alpha value is -1.10. The molecule has 1 saturated carbocycles. The molecule has 0 radical (unpaired) electrons. The summed E-state index contributed by atoms with van der Waals surface area (Å²) < 4.78 is 4.73. The van der Waals surface area contributed by atoms with Crippen LogP contribution in [0.25, 0.3) is 0 Å². The van der Waals surface area contributed by atoms with E-state index in [0.717, 1.165) is 6.54 Å². The molecule has 1 unspecified atom stereocenters. The Kier molecular flexibility index (Phi) is 7.15. The predicted molar refractivity (Wildman–Crippen MR) is 82.8 cm³/mol. The summed E-state index contributed by atoms with van der Waals surface area (Å²) in [5.41, 5.74) is 0.352. The minimum Gasteiger partial charge on any atom is -0.467 e. The van der Waals surface area contributed by atoms with Crippen LogP contribution in [0.15, 0.2) is 0 Å². The molecule has 0 saturated heterocycles. The molecule has 1 atom stereocenters. The molecule has 0 aromatic rings. The monoisotopic (exact) mass is 298 g/mol. The van der Waals surface area contributed by atoms with Gasteiger partial charge < -0.3 is 15.4 Å². The van der Waals surface area contributed by atoms with Crippen molar-refractivity contribution in [2.75, 3.05) is 20.2 Å². The first-order valence-corrected chi connectivity index (χ1v) is 7.94. The second-order valence-corrected chi connectivity index (χ2v) is 6.71. The number of nitrogens with one attached hydrogen (secondary N) is 2. The zero-order valence-electron chi connectivity index (χ0n) is 13.8. The van der Waals surface area contributed by atoms with E-state index in [1.165, 1.54) is 46.1 Å². The number of carbonyl (C=O) groups excluding carboxylic acids is 2. The lowest BCUT2D eigenvalue weighted by atomic mass is 9.78. The summed E-state index contributed by atoms with van der Waals surface area (Å²) in [6, 6.07) is -0.606. The number of rotatable bonds is 8. The lowest BCUT2D eigenvalue weighted by molar-refractivity contribution is -0.144. The smallest absolute Gasteiger partial charge is 0.329 e. The lowest BCUT2D eigenvalue weighted by Crippen LogP contribution is -2.48. The number of esters is 1. The van der Waals surface area contributed by atoms with Crippen LogP contribution < -0.4 is 10.6 Å². The Morgan fingerprint density at radius 3 is 2.33 bits per heavy atom. The van der Waals surface area contributed by atoms with E-state index >= 15 is 0 Å². The molecule has 0 aromatic carbocycles. The fourth-order valence-electron chi connectivity index (χ4n) is 3.51. The molecule has 0 spiro atoms. The molecule has 0 aliphatic heterocycles. The van der Waals surface area contributed by atoms with Gasteiger partial charge in [0.15, 0.2) is 0 Å². The van der Waals surface area contributed by atoms with Crippen molar-refractivity contribution in [2.45, 2.75) is 58.9 Å². The zero-order chi connectivity index (χ0) is 15.9. The Bertz CT molecular complexity index is 349. The van der Waals surface area contributed by atoms with E-state index in [1.807, 2.05) is 0 Å². The third-order valence-corrected chi connectivity index (χ3v) is 4.22. The van der Waals surface area contributed by atoms with Gasteiger partial charge in [0.05, 0.1) is 7.11 Å². The fraction of sp³-hybridized carbons (Fsp3) is 0.875. The molecule has 21 heavy (non-hydrogen) atoms. The highest BCUT2D eigenvalue weighted by Crippen LogP contribution is 2.42. The Labute approximate surface area is 128 Å². The van der Waals surface area contributed by atoms with E-state index in [4.69, 9.17) is 4.74 Å². The largest absolute Gasteiger partial charge is 0.467 e. The molecule has 122 valence electrons. The molecule has 1 aliphatic carbocycles. The van der Waals surface area contributed by atoms with Gasteiger partial charge >= 0.3 is 5.97 Å². The maximum atomic E-state index is 11.7. The van der Waals surface area contributed by atoms with Crippen LogP contribution >= 0.6 is 0 Å². The Morgan fingerprint density at radius 1 is 1.24 bits per heavy atom. The van der Waals surface area contributed by atoms with Crippen molar-refractivity contribution in [3.63, 3.8) is 0 Å². The van der Waals surface area contributed by atoms with E-state index in [1.54, 1.807) is 0 Å². The number of hydrogen-bond acceptors (Lipinski definition) is 4. The summed E-state index contributed by atoms with van der Waals surface area (Å²) in [4.78, 5) is 22.8. The van der Waals surface area contributed by atoms with E-state index in [9.17, 15) is 9.59 Å². The minimum atomic E-state index is -0.606. The molecule has 1 fully saturated rings. The van der Waals surface area contributed by atoms with Crippen molar-refractivity contribution < 1.29 is 14.3 Å². The topological polar surface area (TPSA) is 67.4 Å². The predicted octanol–water partition coefficient (Wildman–Crippen LogP) is 1.86. The van der Waals surface area contributed by atoms with Gasteiger partial charge in [0.2, 0.25) is 5.91 Å². The third kappa shape index (κ3) is 6.04. The SMILES string of the molecule is COC(=O)C(CNCC1(CC(C)C)CCCC1)NC(C)=O. The van der Waals surface area contributed by atoms with E-state index < -0.39 is 12.0 Å². The van der Waals surface area contributed by atoms with Gasteiger partial charge in [-0.25, -0.2) is 4.79 Å². The number of methoxy groups -OCH3 is 1. The molecule has 2 N–H and O–H groups in total. The molecular formula is C16H30N2O3. The first kappa shape index (κ1) is 18.0. The molecule has 0 aromatic heterocycles. The second kappa shape index (κ2) is 8.37. The van der Waals surface area contributed by atoms with Crippen LogP contribution in [0.3, 0.4) is 0 Å². The van der Waals surface area contributed by atoms with Gasteiger partial charge in [-0.3, -0.25) is 4.79 Å². The number of carbonyl (C=O) groups is 2. The van der Waals surface area contributed by atoms with Crippen molar-refractivity contribution in [3.05, 3.63) is 0 Å². The van der Waals surface area contributed by atoms with Crippen molar-refractivity contribution in [1.29, 1.82) is 0 Å². The van der Waals surface area contributed by atoms with E-state index in [-0.39, 0.29) is 5.91 Å². The standard InChI is InChI=1S/C16H30N2O3/c1-12(2)9-16(7-5-6-8-16)11-17-10-14(15(20)21-4)18-13(3)19/h12,14,17H,5-11H2,1-4H3,(H,18,19). The van der Waals surface area contributed by atoms with Crippen LogP contribution in [-0.4, -0.2) is 38.1 Å². The number of ether oxygens (including phenoxy) is 1. The summed E-state index contributed by atoms with van der Waals surface area (Å²) >= 11 is 0. The molecule has 1 rings (SSSR count). The Morgan fingerprint density at radius 2 is 1.86 bits per heavy atom. The van der Waals surface area contributed by atoms with Gasteiger partial charge in [0.25, 0.3) is 0 Å². The summed E-state index contributed by atoms with van der Waals surface area (Å²) in [6.45, 7) is 7.25. The summed E-state index contributed by atoms with van der Waals surface area (Å²) in [7, 11) is 1.34. The maximum absolute atomic E-state index is 11.7. The maximum Gasteiger partial charge on any atom is 0.329 e. The first-order chi connectivity index (χ1) is 9.88. The van der Waals surface area contributed by atoms with Gasteiger partial charge in [-0.2, -0.15) is 0 Å². The van der Waals surface area contributed by atoms with Crippen LogP contribution in [0.5, 0.6) is 0 Å². The van der Waals surface area contributed by atoms with Crippen LogP contribution in [-0.2, 0) is 14.3 Å². The normalized spacial score (nSPS) is 18.5. The zero-order valence-corrected chi connectivity index (χ0v) is 13.8. The molecular weight excluding hydrogens is 268 g/mol. The molecule has 1 amide bonds. The third-order valence-electron chi connectivity index (χ3n) is 4.22. The highest BCUT2D eigenvalue weighted by molar-refractivity contribution is 5.83. The van der Waals surface area contributed by atoms with Crippen molar-refractivity contribution in [2.24, 2.45) is 11.3 Å². The minimum absolute atomic E-state index is 0.218. The molecule has 5 heteroatoms. The Balaban J connectivity index is 2.50. The molecule has 0 heterocycles. The highest BCUT2D eigenvalue weighted by atomic mass is 16.5. The van der Waals surface area contributed by atoms with Gasteiger partial charge in [0.1, 0.15) is 6.04 Å². The lowest BCUT2D eigenvalue weighted by Gasteiger charge is -2.32. The second-order valence-electron chi connectivity index (χ2n) is 6.71. The van der Waals surface area contributed by atoms with Gasteiger partial charge in [-0.05, 0) is 30.6 Å². The summed E-state index contributed by atoms with van der Waals surface area (Å²) in [5, 5.41) is 6.01. The van der Waals surface area contributed by atoms with Crippen molar-refractivity contribution in [1.82, 2.24) is 10.6 Å². The molecule has 0 bridgehead atoms. The fourth-order valence-corrected chi connectivity index (χ4v) is 3.51. The van der Waals surface area contributed by atoms with Crippen LogP contribution in [0.2, 0.25) is 0 Å². The molecule has 1 aliphatic rings. The number of hydrogen-bond donors (Lipinski definition) is 2. The summed E-state index contributed by atoms with van der Waals surface area (Å²) in [5.74, 6) is 0.0589. The van der Waals surface area contributed by atoms with Crippen molar-refractivity contribution >= 4 is 11.9 Å². The summed E-state index contributed by atoms with van der Waals surface area (Å²) in [6.07, 6.45) is 6.30. The van der Waals surface area contributed by atoms with Crippen LogP contribution in [0.1, 0.15) is 52.9 Å². The first-order valence-electron chi connectivity index (χ1n) is 7.94. The highest BCUT2D eigenvalue weighted by Gasteiger charge is 2.34. The molecule has 5 nitrogen and oxygen atoms in total. The van der Waals surface area contributed by atoms with Gasteiger partial charge in [-0.15, -0.1) is 0 Å². The van der Waals surface area contributed by atoms with Crippen molar-refractivity contribution in [3.8, 4) is 0 Å². The number of amides is 1. The quantitative estimate of drug-likeness (QED) is 0.671. The van der Waals surface area contributed by atoms with Gasteiger partial charge in [0, 0.05) is 20.0 Å². The van der Waals surface area contributed by atoms with Crippen LogP contribution in [0.4, 0.5) is 0 Å². The van der Waals surface area contributed by atoms with E-state index in [0.29, 0.717) is 17.9 Å². The average molecular weight is 298 g/mol.